The summed E-state index contributed by atoms with van der Waals surface area (Å²) in [5.74, 6) is -3.14. The normalized spacial score (nSPS) is 14.9. The van der Waals surface area contributed by atoms with E-state index in [1.807, 2.05) is 23.5 Å². The first kappa shape index (κ1) is 18.0. The molecule has 2 amide bonds. The summed E-state index contributed by atoms with van der Waals surface area (Å²) in [6.45, 7) is 0.924. The van der Waals surface area contributed by atoms with Gasteiger partial charge >= 0.3 is 11.8 Å². The molecule has 2 aromatic carbocycles. The minimum atomic E-state index is -1.02. The molecular formula is C20H20F2N2O2. The number of likely N-dealkylation sites (tertiary alicyclic amines) is 1. The molecule has 26 heavy (non-hydrogen) atoms. The molecule has 1 saturated heterocycles. The molecule has 0 aromatic heterocycles. The summed E-state index contributed by atoms with van der Waals surface area (Å²) in [7, 11) is 0. The van der Waals surface area contributed by atoms with Gasteiger partial charge in [0.05, 0.1) is 0 Å². The fraction of sp³-hybridized carbons (Fsp3) is 0.300. The van der Waals surface area contributed by atoms with E-state index in [1.165, 1.54) is 16.5 Å². The fourth-order valence-corrected chi connectivity index (χ4v) is 3.22. The summed E-state index contributed by atoms with van der Waals surface area (Å²) in [4.78, 5) is 25.8. The minimum Gasteiger partial charge on any atom is -0.334 e. The van der Waals surface area contributed by atoms with Crippen LogP contribution in [0.5, 0.6) is 0 Å². The Labute approximate surface area is 150 Å². The molecule has 0 radical (unpaired) electrons. The van der Waals surface area contributed by atoms with Crippen LogP contribution in [0.25, 0.3) is 0 Å². The number of benzene rings is 2. The van der Waals surface area contributed by atoms with Gasteiger partial charge in [-0.15, -0.1) is 0 Å². The van der Waals surface area contributed by atoms with E-state index in [4.69, 9.17) is 0 Å². The second-order valence-electron chi connectivity index (χ2n) is 6.48. The number of carbonyl (C=O) groups excluding carboxylic acids is 2. The van der Waals surface area contributed by atoms with Crippen LogP contribution in [-0.4, -0.2) is 29.8 Å². The first-order chi connectivity index (χ1) is 12.5. The zero-order valence-corrected chi connectivity index (χ0v) is 14.3. The predicted octanol–water partition coefficient (Wildman–Crippen LogP) is 3.38. The second kappa shape index (κ2) is 8.08. The van der Waals surface area contributed by atoms with E-state index in [0.29, 0.717) is 19.0 Å². The molecule has 3 rings (SSSR count). The molecule has 1 heterocycles. The Morgan fingerprint density at radius 1 is 0.962 bits per heavy atom. The van der Waals surface area contributed by atoms with Gasteiger partial charge < -0.3 is 10.2 Å². The van der Waals surface area contributed by atoms with Crippen molar-refractivity contribution < 1.29 is 18.4 Å². The van der Waals surface area contributed by atoms with Crippen molar-refractivity contribution in [3.8, 4) is 0 Å². The Balaban J connectivity index is 1.54. The highest BCUT2D eigenvalue weighted by molar-refractivity contribution is 6.39. The summed E-state index contributed by atoms with van der Waals surface area (Å²) < 4.78 is 27.2. The molecule has 0 bridgehead atoms. The van der Waals surface area contributed by atoms with Gasteiger partial charge in [-0.1, -0.05) is 36.4 Å². The first-order valence-corrected chi connectivity index (χ1v) is 8.63. The Morgan fingerprint density at radius 3 is 2.19 bits per heavy atom. The summed E-state index contributed by atoms with van der Waals surface area (Å²) in [5.41, 5.74) is 0.662. The SMILES string of the molecule is O=C(Nc1c(F)cccc1F)C(=O)N1CCC(Cc2ccccc2)CC1. The zero-order chi connectivity index (χ0) is 18.5. The highest BCUT2D eigenvalue weighted by Gasteiger charge is 2.28. The number of carbonyl (C=O) groups is 2. The van der Waals surface area contributed by atoms with E-state index >= 15 is 0 Å². The van der Waals surface area contributed by atoms with Crippen LogP contribution in [0.3, 0.4) is 0 Å². The molecule has 0 unspecified atom stereocenters. The van der Waals surface area contributed by atoms with Crippen molar-refractivity contribution in [2.45, 2.75) is 19.3 Å². The molecule has 1 fully saturated rings. The van der Waals surface area contributed by atoms with Gasteiger partial charge in [-0.05, 0) is 42.9 Å². The predicted molar refractivity (Wildman–Crippen MR) is 94.4 cm³/mol. The van der Waals surface area contributed by atoms with Crippen LogP contribution in [0, 0.1) is 17.6 Å². The van der Waals surface area contributed by atoms with Crippen molar-refractivity contribution in [2.75, 3.05) is 18.4 Å². The Morgan fingerprint density at radius 2 is 1.58 bits per heavy atom. The van der Waals surface area contributed by atoms with E-state index in [1.54, 1.807) is 0 Å². The van der Waals surface area contributed by atoms with E-state index in [0.717, 1.165) is 31.4 Å². The molecule has 1 aliphatic rings. The van der Waals surface area contributed by atoms with Gasteiger partial charge in [0.25, 0.3) is 0 Å². The van der Waals surface area contributed by atoms with Crippen LogP contribution < -0.4 is 5.32 Å². The van der Waals surface area contributed by atoms with Crippen molar-refractivity contribution in [3.63, 3.8) is 0 Å². The molecule has 0 atom stereocenters. The molecule has 136 valence electrons. The van der Waals surface area contributed by atoms with Crippen LogP contribution in [0.15, 0.2) is 48.5 Å². The number of para-hydroxylation sites is 1. The van der Waals surface area contributed by atoms with Crippen molar-refractivity contribution in [2.24, 2.45) is 5.92 Å². The molecular weight excluding hydrogens is 338 g/mol. The third-order valence-electron chi connectivity index (χ3n) is 4.66. The van der Waals surface area contributed by atoms with Gasteiger partial charge in [0, 0.05) is 13.1 Å². The topological polar surface area (TPSA) is 49.4 Å². The maximum absolute atomic E-state index is 13.6. The summed E-state index contributed by atoms with van der Waals surface area (Å²) in [5, 5.41) is 2.05. The Kier molecular flexibility index (Phi) is 5.61. The van der Waals surface area contributed by atoms with Gasteiger partial charge in [0.1, 0.15) is 17.3 Å². The number of rotatable bonds is 3. The van der Waals surface area contributed by atoms with Crippen LogP contribution in [0.4, 0.5) is 14.5 Å². The molecule has 4 nitrogen and oxygen atoms in total. The van der Waals surface area contributed by atoms with E-state index in [-0.39, 0.29) is 0 Å². The van der Waals surface area contributed by atoms with E-state index in [2.05, 4.69) is 12.1 Å². The van der Waals surface area contributed by atoms with Crippen molar-refractivity contribution in [1.82, 2.24) is 4.90 Å². The third kappa shape index (κ3) is 4.25. The van der Waals surface area contributed by atoms with Gasteiger partial charge in [-0.2, -0.15) is 0 Å². The van der Waals surface area contributed by atoms with Crippen molar-refractivity contribution in [3.05, 3.63) is 65.7 Å². The standard InChI is InChI=1S/C20H20F2N2O2/c21-16-7-4-8-17(22)18(16)23-19(25)20(26)24-11-9-15(10-12-24)13-14-5-2-1-3-6-14/h1-8,15H,9-13H2,(H,23,25). The maximum Gasteiger partial charge on any atom is 0.314 e. The van der Waals surface area contributed by atoms with E-state index < -0.39 is 29.1 Å². The van der Waals surface area contributed by atoms with Crippen molar-refractivity contribution in [1.29, 1.82) is 0 Å². The lowest BCUT2D eigenvalue weighted by Crippen LogP contribution is -2.44. The molecule has 0 saturated carbocycles. The lowest BCUT2D eigenvalue weighted by Gasteiger charge is -2.31. The number of nitrogens with zero attached hydrogens (tertiary/aromatic N) is 1. The van der Waals surface area contributed by atoms with Gasteiger partial charge in [0.2, 0.25) is 0 Å². The zero-order valence-electron chi connectivity index (χ0n) is 14.3. The molecule has 1 aliphatic heterocycles. The lowest BCUT2D eigenvalue weighted by molar-refractivity contribution is -0.144. The minimum absolute atomic E-state index is 0.452. The average molecular weight is 358 g/mol. The van der Waals surface area contributed by atoms with Crippen LogP contribution in [0.1, 0.15) is 18.4 Å². The van der Waals surface area contributed by atoms with Crippen molar-refractivity contribution >= 4 is 17.5 Å². The largest absolute Gasteiger partial charge is 0.334 e. The van der Waals surface area contributed by atoms with Gasteiger partial charge in [0.15, 0.2) is 0 Å². The number of amides is 2. The second-order valence-corrected chi connectivity index (χ2v) is 6.48. The van der Waals surface area contributed by atoms with Crippen LogP contribution >= 0.6 is 0 Å². The number of halogens is 2. The molecule has 0 aliphatic carbocycles. The number of hydrogen-bond donors (Lipinski definition) is 1. The lowest BCUT2D eigenvalue weighted by atomic mass is 9.90. The Hall–Kier alpha value is -2.76. The quantitative estimate of drug-likeness (QED) is 0.855. The van der Waals surface area contributed by atoms with Crippen LogP contribution in [-0.2, 0) is 16.0 Å². The maximum atomic E-state index is 13.6. The van der Waals surface area contributed by atoms with E-state index in [9.17, 15) is 18.4 Å². The third-order valence-corrected chi connectivity index (χ3v) is 4.66. The highest BCUT2D eigenvalue weighted by Crippen LogP contribution is 2.22. The summed E-state index contributed by atoms with van der Waals surface area (Å²) in [6, 6.07) is 13.4. The van der Waals surface area contributed by atoms with Gasteiger partial charge in [-0.25, -0.2) is 8.78 Å². The average Bonchev–Trinajstić information content (AvgIpc) is 2.65. The molecule has 0 spiro atoms. The monoisotopic (exact) mass is 358 g/mol. The molecule has 2 aromatic rings. The van der Waals surface area contributed by atoms with Gasteiger partial charge in [-0.3, -0.25) is 9.59 Å². The smallest absolute Gasteiger partial charge is 0.314 e. The fourth-order valence-electron chi connectivity index (χ4n) is 3.22. The number of anilines is 1. The molecule has 6 heteroatoms. The molecule has 1 N–H and O–H groups in total. The summed E-state index contributed by atoms with van der Waals surface area (Å²) in [6.07, 6.45) is 2.53. The summed E-state index contributed by atoms with van der Waals surface area (Å²) >= 11 is 0. The highest BCUT2D eigenvalue weighted by atomic mass is 19.1. The number of nitrogens with one attached hydrogen (secondary N) is 1. The van der Waals surface area contributed by atoms with Crippen LogP contribution in [0.2, 0.25) is 0 Å². The first-order valence-electron chi connectivity index (χ1n) is 8.63. The number of hydrogen-bond acceptors (Lipinski definition) is 2. The Bertz CT molecular complexity index is 767. The number of piperidine rings is 1.